The minimum Gasteiger partial charge on any atom is -0.462 e. The van der Waals surface area contributed by atoms with Crippen LogP contribution in [0.3, 0.4) is 0 Å². The summed E-state index contributed by atoms with van der Waals surface area (Å²) in [5.41, 5.74) is -3.84. The maximum absolute atomic E-state index is 14.5. The van der Waals surface area contributed by atoms with Gasteiger partial charge in [0, 0.05) is 22.7 Å². The Bertz CT molecular complexity index is 1120. The summed E-state index contributed by atoms with van der Waals surface area (Å²) >= 11 is 0. The number of nitrogens with zero attached hydrogens (tertiary/aromatic N) is 1. The van der Waals surface area contributed by atoms with Gasteiger partial charge in [-0.25, -0.2) is 9.18 Å². The van der Waals surface area contributed by atoms with E-state index in [1.165, 1.54) is 6.92 Å². The molecule has 0 aliphatic carbocycles. The summed E-state index contributed by atoms with van der Waals surface area (Å²) in [5.74, 6) is -2.10. The van der Waals surface area contributed by atoms with Gasteiger partial charge in [0.25, 0.3) is 0 Å². The van der Waals surface area contributed by atoms with Crippen LogP contribution in [0.5, 0.6) is 0 Å². The highest BCUT2D eigenvalue weighted by Gasteiger charge is 2.33. The van der Waals surface area contributed by atoms with Crippen LogP contribution in [0.1, 0.15) is 28.4 Å². The first-order valence-electron chi connectivity index (χ1n) is 8.47. The van der Waals surface area contributed by atoms with Gasteiger partial charge in [0.15, 0.2) is 0 Å². The Labute approximate surface area is 165 Å². The van der Waals surface area contributed by atoms with Crippen molar-refractivity contribution in [2.24, 2.45) is 0 Å². The van der Waals surface area contributed by atoms with Crippen LogP contribution in [0.25, 0.3) is 22.0 Å². The lowest BCUT2D eigenvalue weighted by molar-refractivity contribution is -0.138. The predicted octanol–water partition coefficient (Wildman–Crippen LogP) is 6.26. The second kappa shape index (κ2) is 7.58. The topological polar surface area (TPSA) is 39.2 Å². The molecule has 0 unspecified atom stereocenters. The summed E-state index contributed by atoms with van der Waals surface area (Å²) in [7, 11) is 0. The Hall–Kier alpha value is -3.17. The Morgan fingerprint density at radius 2 is 1.57 bits per heavy atom. The number of hydrogen-bond donors (Lipinski definition) is 0. The Kier molecular flexibility index (Phi) is 5.44. The van der Waals surface area contributed by atoms with E-state index in [0.29, 0.717) is 30.3 Å². The van der Waals surface area contributed by atoms with Gasteiger partial charge in [-0.1, -0.05) is 6.07 Å². The second-order valence-electron chi connectivity index (χ2n) is 6.19. The zero-order chi connectivity index (χ0) is 22.3. The molecule has 30 heavy (non-hydrogen) atoms. The van der Waals surface area contributed by atoms with Crippen LogP contribution in [0.15, 0.2) is 42.6 Å². The average Bonchev–Trinajstić information content (AvgIpc) is 2.65. The average molecular weight is 431 g/mol. The third-order valence-corrected chi connectivity index (χ3v) is 4.25. The largest absolute Gasteiger partial charge is 0.462 e. The van der Waals surface area contributed by atoms with E-state index < -0.39 is 40.8 Å². The molecule has 3 aromatic rings. The van der Waals surface area contributed by atoms with E-state index in [2.05, 4.69) is 4.98 Å². The van der Waals surface area contributed by atoms with Gasteiger partial charge in [0.05, 0.1) is 28.8 Å². The minimum absolute atomic E-state index is 0.0889. The Balaban J connectivity index is 2.37. The lowest BCUT2D eigenvalue weighted by atomic mass is 9.94. The molecule has 3 nitrogen and oxygen atoms in total. The minimum atomic E-state index is -4.81. The van der Waals surface area contributed by atoms with Crippen molar-refractivity contribution >= 4 is 16.9 Å². The van der Waals surface area contributed by atoms with Gasteiger partial charge in [-0.3, -0.25) is 4.98 Å². The van der Waals surface area contributed by atoms with Crippen LogP contribution in [0.2, 0.25) is 0 Å². The number of pyridine rings is 1. The van der Waals surface area contributed by atoms with Gasteiger partial charge < -0.3 is 4.74 Å². The molecule has 158 valence electrons. The number of rotatable bonds is 3. The predicted molar refractivity (Wildman–Crippen MR) is 93.1 cm³/mol. The van der Waals surface area contributed by atoms with Crippen molar-refractivity contribution in [2.75, 3.05) is 6.61 Å². The first-order valence-corrected chi connectivity index (χ1v) is 8.47. The van der Waals surface area contributed by atoms with Crippen LogP contribution in [0, 0.1) is 5.82 Å². The number of ether oxygens (including phenoxy) is 1. The van der Waals surface area contributed by atoms with Crippen LogP contribution < -0.4 is 0 Å². The molecule has 0 N–H and O–H groups in total. The van der Waals surface area contributed by atoms with Crippen molar-refractivity contribution < 1.29 is 40.3 Å². The normalized spacial score (nSPS) is 12.3. The number of benzene rings is 2. The molecule has 10 heteroatoms. The van der Waals surface area contributed by atoms with E-state index in [9.17, 15) is 35.5 Å². The number of halogens is 7. The summed E-state index contributed by atoms with van der Waals surface area (Å²) in [6, 6.07) is 3.86. The fourth-order valence-corrected chi connectivity index (χ4v) is 2.92. The van der Waals surface area contributed by atoms with Crippen molar-refractivity contribution in [1.82, 2.24) is 4.98 Å². The van der Waals surface area contributed by atoms with Crippen molar-refractivity contribution in [1.29, 1.82) is 0 Å². The monoisotopic (exact) mass is 431 g/mol. The number of carbonyl (C=O) groups is 1. The third-order valence-electron chi connectivity index (χ3n) is 4.25. The molecular formula is C20H12F7NO2. The Morgan fingerprint density at radius 1 is 0.967 bits per heavy atom. The summed E-state index contributed by atoms with van der Waals surface area (Å²) in [5, 5.41) is -0.133. The summed E-state index contributed by atoms with van der Waals surface area (Å²) in [6.07, 6.45) is -8.65. The van der Waals surface area contributed by atoms with E-state index in [1.807, 2.05) is 0 Å². The number of alkyl halides is 6. The number of carbonyl (C=O) groups excluding carboxylic acids is 1. The van der Waals surface area contributed by atoms with E-state index >= 15 is 0 Å². The molecule has 0 saturated heterocycles. The van der Waals surface area contributed by atoms with E-state index in [1.54, 1.807) is 0 Å². The fourth-order valence-electron chi connectivity index (χ4n) is 2.92. The smallest absolute Gasteiger partial charge is 0.416 e. The lowest BCUT2D eigenvalue weighted by Crippen LogP contribution is -2.10. The first kappa shape index (κ1) is 21.5. The maximum atomic E-state index is 14.5. The molecule has 1 heterocycles. The quantitative estimate of drug-likeness (QED) is 0.363. The first-order chi connectivity index (χ1) is 13.9. The summed E-state index contributed by atoms with van der Waals surface area (Å²) in [4.78, 5) is 16.1. The van der Waals surface area contributed by atoms with Gasteiger partial charge in [0.2, 0.25) is 0 Å². The standard InChI is InChI=1S/C20H12F7NO2/c1-2-30-18(29)14-9-28-16-8-11(20(25,26)27)3-5-12(16)17(14)13-7-10(19(22,23)24)4-6-15(13)21/h3-9H,2H2,1H3. The molecular weight excluding hydrogens is 419 g/mol. The molecule has 0 bridgehead atoms. The van der Waals surface area contributed by atoms with Gasteiger partial charge in [-0.15, -0.1) is 0 Å². The van der Waals surface area contributed by atoms with E-state index in [-0.39, 0.29) is 28.6 Å². The van der Waals surface area contributed by atoms with Crippen LogP contribution in [0.4, 0.5) is 30.7 Å². The fraction of sp³-hybridized carbons (Fsp3) is 0.200. The van der Waals surface area contributed by atoms with E-state index in [4.69, 9.17) is 4.74 Å². The number of aromatic nitrogens is 1. The molecule has 2 aromatic carbocycles. The molecule has 0 aliphatic heterocycles. The molecule has 0 spiro atoms. The molecule has 0 radical (unpaired) electrons. The molecule has 0 amide bonds. The van der Waals surface area contributed by atoms with Gasteiger partial charge in [0.1, 0.15) is 5.82 Å². The highest BCUT2D eigenvalue weighted by atomic mass is 19.4. The second-order valence-corrected chi connectivity index (χ2v) is 6.19. The zero-order valence-corrected chi connectivity index (χ0v) is 15.2. The SMILES string of the molecule is CCOC(=O)c1cnc2cc(C(F)(F)F)ccc2c1-c1cc(C(F)(F)F)ccc1F. The van der Waals surface area contributed by atoms with Crippen LogP contribution >= 0.6 is 0 Å². The highest BCUT2D eigenvalue weighted by Crippen LogP contribution is 2.39. The van der Waals surface area contributed by atoms with Crippen molar-refractivity contribution in [2.45, 2.75) is 19.3 Å². The number of fused-ring (bicyclic) bond motifs is 1. The lowest BCUT2D eigenvalue weighted by Gasteiger charge is -2.16. The molecule has 3 rings (SSSR count). The van der Waals surface area contributed by atoms with Crippen LogP contribution in [-0.4, -0.2) is 17.6 Å². The van der Waals surface area contributed by atoms with Crippen molar-refractivity contribution in [3.63, 3.8) is 0 Å². The molecule has 0 fully saturated rings. The van der Waals surface area contributed by atoms with Gasteiger partial charge in [-0.2, -0.15) is 26.3 Å². The van der Waals surface area contributed by atoms with Crippen molar-refractivity contribution in [3.05, 3.63) is 65.1 Å². The zero-order valence-electron chi connectivity index (χ0n) is 15.2. The van der Waals surface area contributed by atoms with Gasteiger partial charge >= 0.3 is 18.3 Å². The van der Waals surface area contributed by atoms with Crippen LogP contribution in [-0.2, 0) is 17.1 Å². The Morgan fingerprint density at radius 3 is 2.17 bits per heavy atom. The van der Waals surface area contributed by atoms with E-state index in [0.717, 1.165) is 12.3 Å². The van der Waals surface area contributed by atoms with Gasteiger partial charge in [-0.05, 0) is 37.3 Å². The number of hydrogen-bond acceptors (Lipinski definition) is 3. The van der Waals surface area contributed by atoms with Crippen molar-refractivity contribution in [3.8, 4) is 11.1 Å². The highest BCUT2D eigenvalue weighted by molar-refractivity contribution is 6.07. The molecule has 0 saturated carbocycles. The molecule has 0 aliphatic rings. The summed E-state index contributed by atoms with van der Waals surface area (Å²) in [6.45, 7) is 1.39. The maximum Gasteiger partial charge on any atom is 0.416 e. The number of esters is 1. The molecule has 0 atom stereocenters. The molecule has 1 aromatic heterocycles. The third kappa shape index (κ3) is 4.07. The summed E-state index contributed by atoms with van der Waals surface area (Å²) < 4.78 is 97.9.